The summed E-state index contributed by atoms with van der Waals surface area (Å²) in [4.78, 5) is 42.5. The predicted octanol–water partition coefficient (Wildman–Crippen LogP) is 2.54. The highest BCUT2D eigenvalue weighted by Gasteiger charge is 2.68. The minimum Gasteiger partial charge on any atom is -0.292 e. The molecule has 2 aromatic rings. The van der Waals surface area contributed by atoms with E-state index in [1.807, 2.05) is 57.3 Å². The van der Waals surface area contributed by atoms with Crippen molar-refractivity contribution in [2.24, 2.45) is 17.3 Å². The maximum atomic E-state index is 14.6. The minimum atomic E-state index is -0.824. The Labute approximate surface area is 180 Å². The van der Waals surface area contributed by atoms with Crippen LogP contribution in [0, 0.1) is 23.1 Å². The van der Waals surface area contributed by atoms with E-state index in [0.717, 1.165) is 20.9 Å². The van der Waals surface area contributed by atoms with Crippen LogP contribution < -0.4 is 9.80 Å². The van der Waals surface area contributed by atoms with Gasteiger partial charge in [0.25, 0.3) is 0 Å². The number of Topliss-reactive ketones (excluding diaryl/α,β-unsaturated/α-hetero) is 1. The summed E-state index contributed by atoms with van der Waals surface area (Å²) in [7, 11) is 0. The minimum absolute atomic E-state index is 0.0463. The van der Waals surface area contributed by atoms with E-state index < -0.39 is 40.9 Å². The molecule has 3 heterocycles. The molecular formula is C25H24FN2O3+. The lowest BCUT2D eigenvalue weighted by atomic mass is 9.79. The molecule has 0 aliphatic carbocycles. The number of hydrogen-bond donors (Lipinski definition) is 1. The van der Waals surface area contributed by atoms with Gasteiger partial charge in [0.1, 0.15) is 23.7 Å². The van der Waals surface area contributed by atoms with Crippen LogP contribution in [0.1, 0.15) is 37.9 Å². The topological polar surface area (TPSA) is 58.9 Å². The molecule has 5 nitrogen and oxygen atoms in total. The third-order valence-corrected chi connectivity index (χ3v) is 6.74. The van der Waals surface area contributed by atoms with Gasteiger partial charge in [0.05, 0.1) is 11.9 Å². The third-order valence-electron chi connectivity index (χ3n) is 6.74. The second-order valence-corrected chi connectivity index (χ2v) is 9.55. The summed E-state index contributed by atoms with van der Waals surface area (Å²) >= 11 is 0. The second-order valence-electron chi connectivity index (χ2n) is 9.55. The number of amides is 2. The summed E-state index contributed by atoms with van der Waals surface area (Å²) in [5, 5.41) is 0. The third kappa shape index (κ3) is 2.74. The number of anilines is 1. The van der Waals surface area contributed by atoms with Gasteiger partial charge in [0.2, 0.25) is 11.8 Å². The fourth-order valence-corrected chi connectivity index (χ4v) is 5.39. The molecule has 2 aromatic carbocycles. The van der Waals surface area contributed by atoms with Crippen molar-refractivity contribution in [1.29, 1.82) is 0 Å². The van der Waals surface area contributed by atoms with E-state index in [-0.39, 0.29) is 17.5 Å². The summed E-state index contributed by atoms with van der Waals surface area (Å²) < 4.78 is 14.6. The second kappa shape index (κ2) is 6.69. The van der Waals surface area contributed by atoms with Crippen molar-refractivity contribution in [3.63, 3.8) is 0 Å². The van der Waals surface area contributed by atoms with Gasteiger partial charge in [-0.3, -0.25) is 19.3 Å². The van der Waals surface area contributed by atoms with Crippen molar-refractivity contribution in [1.82, 2.24) is 0 Å². The highest BCUT2D eigenvalue weighted by Crippen LogP contribution is 2.46. The lowest BCUT2D eigenvalue weighted by Gasteiger charge is -2.32. The maximum absolute atomic E-state index is 14.6. The predicted molar refractivity (Wildman–Crippen MR) is 113 cm³/mol. The van der Waals surface area contributed by atoms with Crippen LogP contribution in [0.4, 0.5) is 10.1 Å². The molecule has 3 aliphatic heterocycles. The largest absolute Gasteiger partial charge is 0.292 e. The van der Waals surface area contributed by atoms with Crippen molar-refractivity contribution in [2.45, 2.75) is 32.9 Å². The first-order valence-electron chi connectivity index (χ1n) is 10.5. The summed E-state index contributed by atoms with van der Waals surface area (Å²) in [5.74, 6) is -3.16. The molecule has 0 aromatic heterocycles. The van der Waals surface area contributed by atoms with E-state index in [9.17, 15) is 18.8 Å². The van der Waals surface area contributed by atoms with Crippen LogP contribution in [0.5, 0.6) is 0 Å². The normalized spacial score (nSPS) is 29.0. The first-order chi connectivity index (χ1) is 14.7. The van der Waals surface area contributed by atoms with Crippen molar-refractivity contribution in [2.75, 3.05) is 4.90 Å². The van der Waals surface area contributed by atoms with E-state index in [1.54, 1.807) is 6.07 Å². The fourth-order valence-electron chi connectivity index (χ4n) is 5.39. The summed E-state index contributed by atoms with van der Waals surface area (Å²) in [5.41, 5.74) is 1.19. The molecule has 2 saturated heterocycles. The van der Waals surface area contributed by atoms with Crippen LogP contribution >= 0.6 is 0 Å². The summed E-state index contributed by atoms with van der Waals surface area (Å²) in [6.45, 7) is 5.48. The Hall–Kier alpha value is -3.12. The van der Waals surface area contributed by atoms with Gasteiger partial charge >= 0.3 is 0 Å². The standard InChI is InChI=1S/C25H23FN2O3/c1-25(2,3)22(29)21-19-18(20-15-9-5-4-8-14(15)12-13-27(20)21)23(30)28(24(19)31)17-11-7-6-10-16(17)26/h4-13,18-21H,1-3H3/p+1/t18-,19+,20+,21+/m0/s1. The Morgan fingerprint density at radius 3 is 2.32 bits per heavy atom. The van der Waals surface area contributed by atoms with Crippen LogP contribution in [0.25, 0.3) is 6.08 Å². The Morgan fingerprint density at radius 1 is 0.968 bits per heavy atom. The molecule has 3 aliphatic rings. The van der Waals surface area contributed by atoms with Gasteiger partial charge < -0.3 is 0 Å². The fraction of sp³-hybridized carbons (Fsp3) is 0.320. The van der Waals surface area contributed by atoms with Crippen molar-refractivity contribution in [3.05, 3.63) is 71.7 Å². The molecule has 0 bridgehead atoms. The highest BCUT2D eigenvalue weighted by molar-refractivity contribution is 6.23. The molecule has 1 unspecified atom stereocenters. The van der Waals surface area contributed by atoms with Crippen LogP contribution in [-0.4, -0.2) is 23.6 Å². The van der Waals surface area contributed by atoms with Crippen molar-refractivity contribution in [3.8, 4) is 0 Å². The Bertz CT molecular complexity index is 1150. The number of nitrogens with zero attached hydrogens (tertiary/aromatic N) is 1. The van der Waals surface area contributed by atoms with Gasteiger partial charge in [-0.15, -0.1) is 0 Å². The van der Waals surface area contributed by atoms with E-state index in [1.165, 1.54) is 18.2 Å². The number of carbonyl (C=O) groups excluding carboxylic acids is 3. The molecule has 5 atom stereocenters. The zero-order valence-electron chi connectivity index (χ0n) is 17.6. The number of imide groups is 1. The average molecular weight is 419 g/mol. The summed E-state index contributed by atoms with van der Waals surface area (Å²) in [6.07, 6.45) is 3.86. The SMILES string of the molecule is CC(C)(C)C(=O)[C@H]1[C@@H]2C(=O)N(c3ccccc3F)C(=O)[C@@H]2[C@H]2c3ccccc3C=C[NH+]21. The number of nitrogens with one attached hydrogen (secondary N) is 1. The first-order valence-corrected chi connectivity index (χ1v) is 10.5. The molecule has 2 amide bonds. The van der Waals surface area contributed by atoms with E-state index >= 15 is 0 Å². The van der Waals surface area contributed by atoms with Crippen LogP contribution in [0.2, 0.25) is 0 Å². The van der Waals surface area contributed by atoms with E-state index in [0.29, 0.717) is 0 Å². The number of rotatable bonds is 2. The van der Waals surface area contributed by atoms with Gasteiger partial charge in [-0.05, 0) is 23.8 Å². The molecule has 0 spiro atoms. The van der Waals surface area contributed by atoms with E-state index in [4.69, 9.17) is 0 Å². The van der Waals surface area contributed by atoms with Gasteiger partial charge in [-0.2, -0.15) is 0 Å². The number of fused-ring (bicyclic) bond motifs is 5. The number of halogens is 1. The van der Waals surface area contributed by atoms with Gasteiger partial charge in [0, 0.05) is 11.0 Å². The number of benzene rings is 2. The van der Waals surface area contributed by atoms with Gasteiger partial charge in [-0.25, -0.2) is 9.29 Å². The number of ketones is 1. The Balaban J connectivity index is 1.69. The molecule has 0 radical (unpaired) electrons. The van der Waals surface area contributed by atoms with Crippen LogP contribution in [0.15, 0.2) is 54.7 Å². The molecular weight excluding hydrogens is 395 g/mol. The quantitative estimate of drug-likeness (QED) is 0.762. The molecule has 31 heavy (non-hydrogen) atoms. The molecule has 1 N–H and O–H groups in total. The van der Waals surface area contributed by atoms with Crippen LogP contribution in [0.3, 0.4) is 0 Å². The monoisotopic (exact) mass is 419 g/mol. The van der Waals surface area contributed by atoms with Crippen LogP contribution in [-0.2, 0) is 14.4 Å². The van der Waals surface area contributed by atoms with Crippen molar-refractivity contribution < 1.29 is 23.7 Å². The molecule has 0 saturated carbocycles. The van der Waals surface area contributed by atoms with Gasteiger partial charge in [-0.1, -0.05) is 57.2 Å². The molecule has 5 rings (SSSR count). The zero-order valence-corrected chi connectivity index (χ0v) is 17.6. The Morgan fingerprint density at radius 2 is 1.61 bits per heavy atom. The molecule has 2 fully saturated rings. The van der Waals surface area contributed by atoms with Gasteiger partial charge in [0.15, 0.2) is 11.8 Å². The number of hydrogen-bond acceptors (Lipinski definition) is 3. The smallest absolute Gasteiger partial charge is 0.244 e. The average Bonchev–Trinajstić information content (AvgIpc) is 3.20. The van der Waals surface area contributed by atoms with E-state index in [2.05, 4.69) is 0 Å². The number of para-hydroxylation sites is 1. The number of carbonyl (C=O) groups is 3. The Kier molecular flexibility index (Phi) is 4.28. The maximum Gasteiger partial charge on any atom is 0.244 e. The summed E-state index contributed by atoms with van der Waals surface area (Å²) in [6, 6.07) is 12.5. The zero-order chi connectivity index (χ0) is 22.1. The highest BCUT2D eigenvalue weighted by atomic mass is 19.1. The number of quaternary nitrogens is 1. The molecule has 158 valence electrons. The lowest BCUT2D eigenvalue weighted by Crippen LogP contribution is -3.12. The lowest BCUT2D eigenvalue weighted by molar-refractivity contribution is -0.885. The molecule has 6 heteroatoms. The first kappa shape index (κ1) is 19.8. The van der Waals surface area contributed by atoms with Crippen molar-refractivity contribution >= 4 is 29.4 Å².